The quantitative estimate of drug-likeness (QED) is 0.593. The molecule has 6 heteroatoms. The van der Waals surface area contributed by atoms with Gasteiger partial charge in [-0.2, -0.15) is 0 Å². The number of nitrogens with zero attached hydrogens (tertiary/aromatic N) is 1. The van der Waals surface area contributed by atoms with Crippen LogP contribution in [0.1, 0.15) is 25.3 Å². The van der Waals surface area contributed by atoms with E-state index in [-0.39, 0.29) is 6.10 Å². The minimum absolute atomic E-state index is 0.283. The zero-order chi connectivity index (χ0) is 16.5. The summed E-state index contributed by atoms with van der Waals surface area (Å²) in [5, 5.41) is 6.59. The first-order chi connectivity index (χ1) is 11.3. The molecule has 0 radical (unpaired) electrons. The molecule has 1 saturated heterocycles. The van der Waals surface area contributed by atoms with E-state index < -0.39 is 0 Å². The number of hydrogen-bond donors (Lipinski definition) is 2. The zero-order valence-corrected chi connectivity index (χ0v) is 14.2. The Balaban J connectivity index is 2.01. The Morgan fingerprint density at radius 2 is 2.17 bits per heavy atom. The Labute approximate surface area is 138 Å². The summed E-state index contributed by atoms with van der Waals surface area (Å²) in [5.74, 6) is 2.24. The van der Waals surface area contributed by atoms with E-state index in [4.69, 9.17) is 14.2 Å². The first kappa shape index (κ1) is 17.4. The van der Waals surface area contributed by atoms with Gasteiger partial charge in [0.1, 0.15) is 0 Å². The van der Waals surface area contributed by atoms with Gasteiger partial charge < -0.3 is 24.8 Å². The number of methoxy groups -OCH3 is 2. The van der Waals surface area contributed by atoms with E-state index in [1.807, 2.05) is 18.2 Å². The van der Waals surface area contributed by atoms with E-state index >= 15 is 0 Å². The summed E-state index contributed by atoms with van der Waals surface area (Å²) in [6.45, 7) is 5.02. The molecule has 0 spiro atoms. The highest BCUT2D eigenvalue weighted by Gasteiger charge is 2.15. The minimum Gasteiger partial charge on any atom is -0.493 e. The van der Waals surface area contributed by atoms with Gasteiger partial charge in [0.05, 0.1) is 26.9 Å². The fourth-order valence-electron chi connectivity index (χ4n) is 2.60. The molecule has 0 aromatic heterocycles. The van der Waals surface area contributed by atoms with Gasteiger partial charge in [-0.3, -0.25) is 0 Å². The first-order valence-electron chi connectivity index (χ1n) is 8.12. The summed E-state index contributed by atoms with van der Waals surface area (Å²) in [5.41, 5.74) is 0.987. The molecule has 128 valence electrons. The second kappa shape index (κ2) is 9.25. The van der Waals surface area contributed by atoms with Crippen molar-refractivity contribution in [2.75, 3.05) is 33.9 Å². The molecule has 0 saturated carbocycles. The van der Waals surface area contributed by atoms with Crippen molar-refractivity contribution in [3.8, 4) is 11.5 Å². The summed E-state index contributed by atoms with van der Waals surface area (Å²) in [6, 6.07) is 5.82. The van der Waals surface area contributed by atoms with E-state index in [1.54, 1.807) is 14.2 Å². The van der Waals surface area contributed by atoms with Crippen molar-refractivity contribution in [2.24, 2.45) is 4.99 Å². The van der Waals surface area contributed by atoms with Crippen molar-refractivity contribution in [3.05, 3.63) is 23.8 Å². The van der Waals surface area contributed by atoms with Gasteiger partial charge in [-0.25, -0.2) is 4.99 Å². The smallest absolute Gasteiger partial charge is 0.191 e. The second-order valence-corrected chi connectivity index (χ2v) is 5.36. The molecule has 0 bridgehead atoms. The maximum Gasteiger partial charge on any atom is 0.191 e. The standard InChI is InChI=1S/C17H27N3O3/c1-4-18-17(20-12-14-8-6-10-23-14)19-11-13-7-5-9-15(21-2)16(13)22-3/h5,7,9,14H,4,6,8,10-12H2,1-3H3,(H2,18,19,20). The lowest BCUT2D eigenvalue weighted by atomic mass is 10.2. The van der Waals surface area contributed by atoms with E-state index in [2.05, 4.69) is 22.5 Å². The number of aliphatic imine (C=N–C) groups is 1. The molecule has 1 aliphatic heterocycles. The average Bonchev–Trinajstić information content (AvgIpc) is 3.10. The van der Waals surface area contributed by atoms with Gasteiger partial charge in [0.15, 0.2) is 17.5 Å². The van der Waals surface area contributed by atoms with E-state index in [0.29, 0.717) is 6.54 Å². The van der Waals surface area contributed by atoms with Crippen LogP contribution >= 0.6 is 0 Å². The molecule has 0 aliphatic carbocycles. The SMILES string of the molecule is CCNC(=NCc1cccc(OC)c1OC)NCC1CCCO1. The summed E-state index contributed by atoms with van der Waals surface area (Å²) in [7, 11) is 3.28. The van der Waals surface area contributed by atoms with Crippen molar-refractivity contribution in [1.29, 1.82) is 0 Å². The van der Waals surface area contributed by atoms with Crippen molar-refractivity contribution in [2.45, 2.75) is 32.4 Å². The van der Waals surface area contributed by atoms with Gasteiger partial charge >= 0.3 is 0 Å². The third-order valence-corrected chi connectivity index (χ3v) is 3.76. The third-order valence-electron chi connectivity index (χ3n) is 3.76. The first-order valence-corrected chi connectivity index (χ1v) is 8.12. The van der Waals surface area contributed by atoms with Crippen molar-refractivity contribution in [1.82, 2.24) is 10.6 Å². The van der Waals surface area contributed by atoms with Crippen LogP contribution in [-0.4, -0.2) is 46.0 Å². The number of para-hydroxylation sites is 1. The third kappa shape index (κ3) is 5.03. The van der Waals surface area contributed by atoms with Crippen LogP contribution in [0.3, 0.4) is 0 Å². The molecule has 1 atom stereocenters. The Morgan fingerprint density at radius 3 is 2.83 bits per heavy atom. The topological polar surface area (TPSA) is 64.1 Å². The molecule has 2 rings (SSSR count). The van der Waals surface area contributed by atoms with Gasteiger partial charge in [-0.15, -0.1) is 0 Å². The highest BCUT2D eigenvalue weighted by molar-refractivity contribution is 5.79. The summed E-state index contributed by atoms with van der Waals surface area (Å²) >= 11 is 0. The van der Waals surface area contributed by atoms with E-state index in [1.165, 1.54) is 0 Å². The molecular weight excluding hydrogens is 294 g/mol. The second-order valence-electron chi connectivity index (χ2n) is 5.36. The zero-order valence-electron chi connectivity index (χ0n) is 14.2. The van der Waals surface area contributed by atoms with Crippen LogP contribution in [0.2, 0.25) is 0 Å². The van der Waals surface area contributed by atoms with E-state index in [0.717, 1.165) is 55.6 Å². The molecule has 1 aliphatic rings. The Bertz CT molecular complexity index is 514. The maximum atomic E-state index is 5.63. The lowest BCUT2D eigenvalue weighted by molar-refractivity contribution is 0.114. The molecule has 2 N–H and O–H groups in total. The molecule has 1 unspecified atom stereocenters. The van der Waals surface area contributed by atoms with E-state index in [9.17, 15) is 0 Å². The van der Waals surface area contributed by atoms with Crippen LogP contribution in [0.25, 0.3) is 0 Å². The fraction of sp³-hybridized carbons (Fsp3) is 0.588. The number of ether oxygens (including phenoxy) is 3. The van der Waals surface area contributed by atoms with Crippen LogP contribution in [0.4, 0.5) is 0 Å². The maximum absolute atomic E-state index is 5.63. The number of benzene rings is 1. The number of nitrogens with one attached hydrogen (secondary N) is 2. The minimum atomic E-state index is 0.283. The van der Waals surface area contributed by atoms with Crippen LogP contribution < -0.4 is 20.1 Å². The average molecular weight is 321 g/mol. The Kier molecular flexibility index (Phi) is 7.00. The van der Waals surface area contributed by atoms with Crippen LogP contribution in [0.15, 0.2) is 23.2 Å². The van der Waals surface area contributed by atoms with Crippen molar-refractivity contribution in [3.63, 3.8) is 0 Å². The van der Waals surface area contributed by atoms with Gasteiger partial charge in [0, 0.05) is 25.3 Å². The van der Waals surface area contributed by atoms with Gasteiger partial charge in [-0.05, 0) is 25.8 Å². The predicted octanol–water partition coefficient (Wildman–Crippen LogP) is 1.94. The molecule has 0 amide bonds. The predicted molar refractivity (Wildman–Crippen MR) is 91.3 cm³/mol. The summed E-state index contributed by atoms with van der Waals surface area (Å²) in [6.07, 6.45) is 2.53. The summed E-state index contributed by atoms with van der Waals surface area (Å²) < 4.78 is 16.4. The van der Waals surface area contributed by atoms with Crippen LogP contribution in [-0.2, 0) is 11.3 Å². The molecule has 23 heavy (non-hydrogen) atoms. The number of hydrogen-bond acceptors (Lipinski definition) is 4. The van der Waals surface area contributed by atoms with Crippen molar-refractivity contribution >= 4 is 5.96 Å². The Hall–Kier alpha value is -1.95. The molecule has 1 heterocycles. The molecule has 1 aromatic carbocycles. The molecular formula is C17H27N3O3. The molecule has 1 aromatic rings. The number of rotatable bonds is 7. The highest BCUT2D eigenvalue weighted by Crippen LogP contribution is 2.31. The summed E-state index contributed by atoms with van der Waals surface area (Å²) in [4.78, 5) is 4.63. The monoisotopic (exact) mass is 321 g/mol. The van der Waals surface area contributed by atoms with Gasteiger partial charge in [0.25, 0.3) is 0 Å². The van der Waals surface area contributed by atoms with Crippen LogP contribution in [0, 0.1) is 0 Å². The fourth-order valence-corrected chi connectivity index (χ4v) is 2.60. The normalized spacial score (nSPS) is 17.9. The lowest BCUT2D eigenvalue weighted by Gasteiger charge is -2.15. The van der Waals surface area contributed by atoms with Gasteiger partial charge in [0.2, 0.25) is 0 Å². The Morgan fingerprint density at radius 1 is 1.30 bits per heavy atom. The molecule has 6 nitrogen and oxygen atoms in total. The van der Waals surface area contributed by atoms with Crippen molar-refractivity contribution < 1.29 is 14.2 Å². The van der Waals surface area contributed by atoms with Crippen LogP contribution in [0.5, 0.6) is 11.5 Å². The lowest BCUT2D eigenvalue weighted by Crippen LogP contribution is -2.41. The largest absolute Gasteiger partial charge is 0.493 e. The highest BCUT2D eigenvalue weighted by atomic mass is 16.5. The molecule has 1 fully saturated rings. The van der Waals surface area contributed by atoms with Gasteiger partial charge in [-0.1, -0.05) is 12.1 Å². The number of guanidine groups is 1.